The first kappa shape index (κ1) is 14.0. The minimum atomic E-state index is 0. The average molecular weight is 259 g/mol. The number of amides is 1. The van der Waals surface area contributed by atoms with E-state index >= 15 is 0 Å². The lowest BCUT2D eigenvalue weighted by atomic mass is 10.0. The molecule has 1 fully saturated rings. The summed E-state index contributed by atoms with van der Waals surface area (Å²) in [7, 11) is 0. The van der Waals surface area contributed by atoms with Crippen molar-refractivity contribution >= 4 is 18.3 Å². The number of aromatic nitrogens is 2. The zero-order chi connectivity index (χ0) is 11.6. The highest BCUT2D eigenvalue weighted by atomic mass is 35.5. The molecule has 0 saturated carbocycles. The number of hydrogen-bond acceptors (Lipinski definition) is 3. The molecule has 0 bridgehead atoms. The zero-order valence-corrected chi connectivity index (χ0v) is 11.0. The van der Waals surface area contributed by atoms with Gasteiger partial charge >= 0.3 is 0 Å². The Morgan fingerprint density at radius 1 is 1.53 bits per heavy atom. The average Bonchev–Trinajstić information content (AvgIpc) is 2.69. The van der Waals surface area contributed by atoms with Crippen LogP contribution in [0.1, 0.15) is 13.8 Å². The fourth-order valence-corrected chi connectivity index (χ4v) is 1.99. The number of nitrogens with one attached hydrogen (secondary N) is 1. The maximum Gasteiger partial charge on any atom is 0.244 e. The third-order valence-electron chi connectivity index (χ3n) is 2.78. The monoisotopic (exact) mass is 258 g/mol. The first-order valence-corrected chi connectivity index (χ1v) is 5.57. The Labute approximate surface area is 108 Å². The van der Waals surface area contributed by atoms with Crippen LogP contribution in [0.4, 0.5) is 0 Å². The second-order valence-corrected chi connectivity index (χ2v) is 4.83. The number of rotatable bonds is 2. The third kappa shape index (κ3) is 3.71. The van der Waals surface area contributed by atoms with E-state index in [0.717, 1.165) is 19.6 Å². The van der Waals surface area contributed by atoms with Crippen LogP contribution < -0.4 is 5.32 Å². The second kappa shape index (κ2) is 5.51. The van der Waals surface area contributed by atoms with Crippen molar-refractivity contribution in [2.75, 3.05) is 19.6 Å². The fraction of sp³-hybridized carbons (Fsp3) is 0.636. The van der Waals surface area contributed by atoms with E-state index in [-0.39, 0.29) is 23.9 Å². The van der Waals surface area contributed by atoms with E-state index in [2.05, 4.69) is 24.3 Å². The number of carbonyl (C=O) groups excluding carboxylic acids is 1. The molecular formula is C11H19ClN4O. The van der Waals surface area contributed by atoms with E-state index in [4.69, 9.17) is 0 Å². The highest BCUT2D eigenvalue weighted by Crippen LogP contribution is 2.10. The standard InChI is InChI=1S/C11H18N4O.ClH/c1-11(2)9-14(7-5-12-11)10(16)8-15-6-3-4-13-15;/h3-4,6,12H,5,7-9H2,1-2H3;1H. The molecule has 5 nitrogen and oxygen atoms in total. The summed E-state index contributed by atoms with van der Waals surface area (Å²) in [6.45, 7) is 6.96. The van der Waals surface area contributed by atoms with Gasteiger partial charge in [0.25, 0.3) is 0 Å². The third-order valence-corrected chi connectivity index (χ3v) is 2.78. The maximum atomic E-state index is 12.0. The number of halogens is 1. The number of carbonyl (C=O) groups is 1. The molecule has 2 heterocycles. The molecule has 0 radical (unpaired) electrons. The molecule has 17 heavy (non-hydrogen) atoms. The number of nitrogens with zero attached hydrogens (tertiary/aromatic N) is 3. The van der Waals surface area contributed by atoms with E-state index < -0.39 is 0 Å². The smallest absolute Gasteiger partial charge is 0.244 e. The molecule has 1 aliphatic rings. The zero-order valence-electron chi connectivity index (χ0n) is 10.2. The van der Waals surface area contributed by atoms with E-state index in [0.29, 0.717) is 6.54 Å². The molecule has 1 saturated heterocycles. The minimum absolute atomic E-state index is 0. The van der Waals surface area contributed by atoms with Gasteiger partial charge in [-0.2, -0.15) is 5.10 Å². The van der Waals surface area contributed by atoms with Gasteiger partial charge in [0, 0.05) is 37.6 Å². The van der Waals surface area contributed by atoms with Gasteiger partial charge in [0.15, 0.2) is 0 Å². The predicted octanol–water partition coefficient (Wildman–Crippen LogP) is 0.515. The molecule has 0 atom stereocenters. The van der Waals surface area contributed by atoms with Crippen molar-refractivity contribution in [3.05, 3.63) is 18.5 Å². The summed E-state index contributed by atoms with van der Waals surface area (Å²) in [5.74, 6) is 0.137. The van der Waals surface area contributed by atoms with Crippen LogP contribution in [0, 0.1) is 0 Å². The van der Waals surface area contributed by atoms with Crippen molar-refractivity contribution in [3.8, 4) is 0 Å². The SMILES string of the molecule is CC1(C)CN(C(=O)Cn2cccn2)CCN1.Cl. The molecule has 0 spiro atoms. The normalized spacial score (nSPS) is 18.6. The van der Waals surface area contributed by atoms with Crippen molar-refractivity contribution in [2.45, 2.75) is 25.9 Å². The predicted molar refractivity (Wildman–Crippen MR) is 68.1 cm³/mol. The molecule has 0 aliphatic carbocycles. The molecule has 2 rings (SSSR count). The Morgan fingerprint density at radius 2 is 2.29 bits per heavy atom. The molecular weight excluding hydrogens is 240 g/mol. The van der Waals surface area contributed by atoms with Gasteiger partial charge in [-0.15, -0.1) is 12.4 Å². The Morgan fingerprint density at radius 3 is 2.88 bits per heavy atom. The first-order valence-electron chi connectivity index (χ1n) is 5.57. The first-order chi connectivity index (χ1) is 7.57. The van der Waals surface area contributed by atoms with Crippen molar-refractivity contribution in [1.82, 2.24) is 20.0 Å². The molecule has 1 aliphatic heterocycles. The molecule has 6 heteroatoms. The topological polar surface area (TPSA) is 50.2 Å². The Kier molecular flexibility index (Phi) is 4.54. The second-order valence-electron chi connectivity index (χ2n) is 4.83. The summed E-state index contributed by atoms with van der Waals surface area (Å²) < 4.78 is 1.66. The van der Waals surface area contributed by atoms with E-state index in [9.17, 15) is 4.79 Å². The van der Waals surface area contributed by atoms with Crippen LogP contribution in [0.5, 0.6) is 0 Å². The lowest BCUT2D eigenvalue weighted by molar-refractivity contribution is -0.134. The quantitative estimate of drug-likeness (QED) is 0.841. The van der Waals surface area contributed by atoms with Crippen molar-refractivity contribution in [1.29, 1.82) is 0 Å². The van der Waals surface area contributed by atoms with Crippen LogP contribution in [0.15, 0.2) is 18.5 Å². The highest BCUT2D eigenvalue weighted by Gasteiger charge is 2.28. The maximum absolute atomic E-state index is 12.0. The van der Waals surface area contributed by atoms with Crippen LogP contribution in [0.2, 0.25) is 0 Å². The van der Waals surface area contributed by atoms with Gasteiger partial charge in [-0.05, 0) is 19.9 Å². The molecule has 0 aromatic carbocycles. The molecule has 0 unspecified atom stereocenters. The van der Waals surface area contributed by atoms with Crippen molar-refractivity contribution in [3.63, 3.8) is 0 Å². The van der Waals surface area contributed by atoms with Gasteiger partial charge in [-0.25, -0.2) is 0 Å². The summed E-state index contributed by atoms with van der Waals surface area (Å²) in [4.78, 5) is 13.9. The Balaban J connectivity index is 0.00000144. The van der Waals surface area contributed by atoms with Gasteiger partial charge in [-0.3, -0.25) is 9.48 Å². The van der Waals surface area contributed by atoms with Crippen LogP contribution in [0.3, 0.4) is 0 Å². The van der Waals surface area contributed by atoms with E-state index in [1.165, 1.54) is 0 Å². The summed E-state index contributed by atoms with van der Waals surface area (Å²) in [6, 6.07) is 1.83. The van der Waals surface area contributed by atoms with Gasteiger partial charge in [0.2, 0.25) is 5.91 Å². The lowest BCUT2D eigenvalue weighted by Crippen LogP contribution is -2.58. The van der Waals surface area contributed by atoms with E-state index in [1.54, 1.807) is 10.9 Å². The summed E-state index contributed by atoms with van der Waals surface area (Å²) in [5, 5.41) is 7.43. The van der Waals surface area contributed by atoms with Crippen LogP contribution in [0.25, 0.3) is 0 Å². The molecule has 1 aromatic rings. The Hall–Kier alpha value is -1.07. The van der Waals surface area contributed by atoms with Crippen LogP contribution in [-0.4, -0.2) is 45.8 Å². The highest BCUT2D eigenvalue weighted by molar-refractivity contribution is 5.85. The molecule has 1 amide bonds. The van der Waals surface area contributed by atoms with Crippen LogP contribution >= 0.6 is 12.4 Å². The van der Waals surface area contributed by atoms with Crippen LogP contribution in [-0.2, 0) is 11.3 Å². The summed E-state index contributed by atoms with van der Waals surface area (Å²) in [6.07, 6.45) is 3.50. The summed E-state index contributed by atoms with van der Waals surface area (Å²) in [5.41, 5.74) is 0.0119. The number of piperazine rings is 1. The van der Waals surface area contributed by atoms with Crippen molar-refractivity contribution in [2.24, 2.45) is 0 Å². The fourth-order valence-electron chi connectivity index (χ4n) is 1.99. The Bertz CT molecular complexity index is 364. The van der Waals surface area contributed by atoms with E-state index in [1.807, 2.05) is 17.2 Å². The minimum Gasteiger partial charge on any atom is -0.338 e. The van der Waals surface area contributed by atoms with Crippen molar-refractivity contribution < 1.29 is 4.79 Å². The van der Waals surface area contributed by atoms with Gasteiger partial charge < -0.3 is 10.2 Å². The molecule has 96 valence electrons. The molecule has 1 N–H and O–H groups in total. The molecule has 1 aromatic heterocycles. The lowest BCUT2D eigenvalue weighted by Gasteiger charge is -2.39. The summed E-state index contributed by atoms with van der Waals surface area (Å²) >= 11 is 0. The van der Waals surface area contributed by atoms with Gasteiger partial charge in [0.05, 0.1) is 0 Å². The number of hydrogen-bond donors (Lipinski definition) is 1. The van der Waals surface area contributed by atoms with Gasteiger partial charge in [0.1, 0.15) is 6.54 Å². The van der Waals surface area contributed by atoms with Gasteiger partial charge in [-0.1, -0.05) is 0 Å². The largest absolute Gasteiger partial charge is 0.338 e.